The van der Waals surface area contributed by atoms with Gasteiger partial charge in [-0.1, -0.05) is 24.3 Å². The summed E-state index contributed by atoms with van der Waals surface area (Å²) >= 11 is 1.60. The molecule has 4 aliphatic carbocycles. The summed E-state index contributed by atoms with van der Waals surface area (Å²) in [7, 11) is 0. The van der Waals surface area contributed by atoms with E-state index in [-0.39, 0.29) is 11.3 Å². The molecule has 0 saturated heterocycles. The number of nitrogens with one attached hydrogen (secondary N) is 2. The van der Waals surface area contributed by atoms with Gasteiger partial charge in [-0.25, -0.2) is 4.98 Å². The van der Waals surface area contributed by atoms with Gasteiger partial charge in [0.05, 0.1) is 11.1 Å². The fourth-order valence-electron chi connectivity index (χ4n) is 6.69. The molecule has 3 aromatic rings. The Morgan fingerprint density at radius 1 is 0.969 bits per heavy atom. The molecule has 164 valence electrons. The normalized spacial score (nSPS) is 28.0. The van der Waals surface area contributed by atoms with Gasteiger partial charge in [0, 0.05) is 22.3 Å². The summed E-state index contributed by atoms with van der Waals surface area (Å²) in [6.45, 7) is 2.09. The number of benzene rings is 2. The van der Waals surface area contributed by atoms with Crippen molar-refractivity contribution in [1.29, 1.82) is 0 Å². The molecule has 2 aromatic carbocycles. The molecule has 1 heterocycles. The van der Waals surface area contributed by atoms with Crippen LogP contribution in [0.5, 0.6) is 0 Å². The molecule has 0 unspecified atom stereocenters. The second-order valence-corrected chi connectivity index (χ2v) is 11.1. The third kappa shape index (κ3) is 3.73. The van der Waals surface area contributed by atoms with Crippen LogP contribution >= 0.6 is 11.3 Å². The van der Waals surface area contributed by atoms with Crippen molar-refractivity contribution >= 4 is 33.8 Å². The van der Waals surface area contributed by atoms with E-state index >= 15 is 0 Å². The van der Waals surface area contributed by atoms with Crippen molar-refractivity contribution in [2.45, 2.75) is 45.4 Å². The maximum Gasteiger partial charge on any atom is 0.230 e. The maximum atomic E-state index is 13.3. The smallest absolute Gasteiger partial charge is 0.230 e. The number of aromatic nitrogens is 1. The minimum Gasteiger partial charge on any atom is -0.332 e. The second-order valence-electron chi connectivity index (χ2n) is 10.3. The summed E-state index contributed by atoms with van der Waals surface area (Å²) in [5, 5.41) is 9.59. The number of thiazole rings is 1. The van der Waals surface area contributed by atoms with Gasteiger partial charge in [-0.05, 0) is 93.0 Å². The largest absolute Gasteiger partial charge is 0.332 e. The summed E-state index contributed by atoms with van der Waals surface area (Å²) in [4.78, 5) is 18.0. The highest BCUT2D eigenvalue weighted by molar-refractivity contribution is 7.14. The van der Waals surface area contributed by atoms with Crippen molar-refractivity contribution in [2.24, 2.45) is 23.2 Å². The van der Waals surface area contributed by atoms with Crippen LogP contribution < -0.4 is 10.6 Å². The molecular formula is C27H29N3OS. The van der Waals surface area contributed by atoms with E-state index in [0.717, 1.165) is 64.8 Å². The lowest BCUT2D eigenvalue weighted by Gasteiger charge is -2.55. The van der Waals surface area contributed by atoms with Crippen molar-refractivity contribution in [1.82, 2.24) is 4.98 Å². The van der Waals surface area contributed by atoms with Gasteiger partial charge in [0.15, 0.2) is 5.13 Å². The topological polar surface area (TPSA) is 54.0 Å². The Morgan fingerprint density at radius 3 is 2.31 bits per heavy atom. The highest BCUT2D eigenvalue weighted by atomic mass is 32.1. The Morgan fingerprint density at radius 2 is 1.66 bits per heavy atom. The van der Waals surface area contributed by atoms with Crippen LogP contribution in [-0.2, 0) is 4.79 Å². The van der Waals surface area contributed by atoms with E-state index in [1.165, 1.54) is 24.8 Å². The first-order chi connectivity index (χ1) is 15.5. The second kappa shape index (κ2) is 7.73. The zero-order chi connectivity index (χ0) is 21.7. The van der Waals surface area contributed by atoms with Gasteiger partial charge in [0.1, 0.15) is 0 Å². The number of aryl methyl sites for hydroxylation is 1. The quantitative estimate of drug-likeness (QED) is 0.446. The number of anilines is 3. The molecule has 4 aliphatic rings. The summed E-state index contributed by atoms with van der Waals surface area (Å²) < 4.78 is 0. The van der Waals surface area contributed by atoms with Gasteiger partial charge >= 0.3 is 0 Å². The molecule has 5 heteroatoms. The van der Waals surface area contributed by atoms with Crippen LogP contribution in [0.3, 0.4) is 0 Å². The Kier molecular flexibility index (Phi) is 4.83. The van der Waals surface area contributed by atoms with Crippen LogP contribution in [0.4, 0.5) is 16.5 Å². The fourth-order valence-corrected chi connectivity index (χ4v) is 7.43. The molecule has 4 bridgehead atoms. The van der Waals surface area contributed by atoms with Gasteiger partial charge in [-0.3, -0.25) is 4.79 Å². The summed E-state index contributed by atoms with van der Waals surface area (Å²) in [6.07, 6.45) is 7.36. The SMILES string of the molecule is Cc1cccc(Nc2nc(-c3ccc(NC(=O)C45CC6CC(CC(C6)C4)C5)cc3)cs2)c1. The minimum atomic E-state index is -0.112. The van der Waals surface area contributed by atoms with Gasteiger partial charge < -0.3 is 10.6 Å². The van der Waals surface area contributed by atoms with E-state index in [1.807, 2.05) is 18.2 Å². The molecule has 0 radical (unpaired) electrons. The average Bonchev–Trinajstić information content (AvgIpc) is 3.22. The lowest BCUT2D eigenvalue weighted by Crippen LogP contribution is -2.51. The van der Waals surface area contributed by atoms with E-state index < -0.39 is 0 Å². The first kappa shape index (κ1) is 20.0. The lowest BCUT2D eigenvalue weighted by atomic mass is 9.49. The van der Waals surface area contributed by atoms with E-state index in [4.69, 9.17) is 4.98 Å². The summed E-state index contributed by atoms with van der Waals surface area (Å²) in [5.41, 5.74) is 5.06. The Balaban J connectivity index is 1.13. The number of amides is 1. The Bertz CT molecular complexity index is 1110. The van der Waals surface area contributed by atoms with Crippen LogP contribution in [0.25, 0.3) is 11.3 Å². The predicted molar refractivity (Wildman–Crippen MR) is 131 cm³/mol. The van der Waals surface area contributed by atoms with Crippen molar-refractivity contribution < 1.29 is 4.79 Å². The standard InChI is InChI=1S/C27H29N3OS/c1-17-3-2-4-23(9-17)29-26-30-24(16-32-26)21-5-7-22(8-6-21)28-25(31)27-13-18-10-19(14-27)12-20(11-18)15-27/h2-9,16,18-20H,10-15H2,1H3,(H,28,31)(H,29,30). The third-order valence-electron chi connectivity index (χ3n) is 7.73. The number of hydrogen-bond donors (Lipinski definition) is 2. The minimum absolute atomic E-state index is 0.112. The number of carbonyl (C=O) groups is 1. The molecule has 32 heavy (non-hydrogen) atoms. The molecule has 1 amide bonds. The molecule has 4 nitrogen and oxygen atoms in total. The van der Waals surface area contributed by atoms with E-state index in [9.17, 15) is 4.79 Å². The molecular weight excluding hydrogens is 414 g/mol. The van der Waals surface area contributed by atoms with Gasteiger partial charge in [0.2, 0.25) is 5.91 Å². The van der Waals surface area contributed by atoms with Crippen molar-refractivity contribution in [3.63, 3.8) is 0 Å². The molecule has 0 aliphatic heterocycles. The van der Waals surface area contributed by atoms with Crippen molar-refractivity contribution in [3.8, 4) is 11.3 Å². The first-order valence-corrected chi connectivity index (χ1v) is 12.6. The monoisotopic (exact) mass is 443 g/mol. The first-order valence-electron chi connectivity index (χ1n) is 11.8. The van der Waals surface area contributed by atoms with Crippen molar-refractivity contribution in [2.75, 3.05) is 10.6 Å². The molecule has 0 spiro atoms. The fraction of sp³-hybridized carbons (Fsp3) is 0.407. The maximum absolute atomic E-state index is 13.3. The van der Waals surface area contributed by atoms with E-state index in [1.54, 1.807) is 11.3 Å². The lowest BCUT2D eigenvalue weighted by molar-refractivity contribution is -0.140. The van der Waals surface area contributed by atoms with Gasteiger partial charge in [0.25, 0.3) is 0 Å². The third-order valence-corrected chi connectivity index (χ3v) is 8.49. The molecule has 4 fully saturated rings. The molecule has 2 N–H and O–H groups in total. The molecule has 7 rings (SSSR count). The summed E-state index contributed by atoms with van der Waals surface area (Å²) in [5.74, 6) is 2.59. The molecule has 0 atom stereocenters. The highest BCUT2D eigenvalue weighted by Gasteiger charge is 2.54. The van der Waals surface area contributed by atoms with Gasteiger partial charge in [-0.15, -0.1) is 11.3 Å². The molecule has 4 saturated carbocycles. The zero-order valence-electron chi connectivity index (χ0n) is 18.4. The van der Waals surface area contributed by atoms with Crippen LogP contribution in [0.15, 0.2) is 53.9 Å². The molecule has 1 aromatic heterocycles. The number of carbonyl (C=O) groups excluding carboxylic acids is 1. The highest BCUT2D eigenvalue weighted by Crippen LogP contribution is 2.60. The van der Waals surface area contributed by atoms with Gasteiger partial charge in [-0.2, -0.15) is 0 Å². The van der Waals surface area contributed by atoms with Crippen LogP contribution in [0.1, 0.15) is 44.1 Å². The Hall–Kier alpha value is -2.66. The Labute approximate surface area is 193 Å². The predicted octanol–water partition coefficient (Wildman–Crippen LogP) is 7.02. The van der Waals surface area contributed by atoms with Crippen LogP contribution in [-0.4, -0.2) is 10.9 Å². The zero-order valence-corrected chi connectivity index (χ0v) is 19.3. The van der Waals surface area contributed by atoms with Crippen molar-refractivity contribution in [3.05, 3.63) is 59.5 Å². The van der Waals surface area contributed by atoms with E-state index in [0.29, 0.717) is 0 Å². The van der Waals surface area contributed by atoms with E-state index in [2.05, 4.69) is 53.3 Å². The number of rotatable bonds is 5. The number of nitrogens with zero attached hydrogens (tertiary/aromatic N) is 1. The average molecular weight is 444 g/mol. The van der Waals surface area contributed by atoms with Crippen LogP contribution in [0, 0.1) is 30.1 Å². The number of hydrogen-bond acceptors (Lipinski definition) is 4. The summed E-state index contributed by atoms with van der Waals surface area (Å²) in [6, 6.07) is 16.4. The van der Waals surface area contributed by atoms with Crippen LogP contribution in [0.2, 0.25) is 0 Å².